The largest absolute Gasteiger partial charge is 0.377 e. The number of rotatable bonds is 4. The van der Waals surface area contributed by atoms with E-state index in [2.05, 4.69) is 5.32 Å². The van der Waals surface area contributed by atoms with Gasteiger partial charge in [0.15, 0.2) is 0 Å². The summed E-state index contributed by atoms with van der Waals surface area (Å²) in [6.45, 7) is 10.8. The smallest absolute Gasteiger partial charge is 0.225 e. The first kappa shape index (κ1) is 12.4. The zero-order valence-corrected chi connectivity index (χ0v) is 9.31. The van der Waals surface area contributed by atoms with E-state index >= 15 is 0 Å². The predicted molar refractivity (Wildman–Crippen MR) is 53.6 cm³/mol. The molecule has 1 N–H and O–H groups in total. The lowest BCUT2D eigenvalue weighted by atomic mass is 9.96. The lowest BCUT2D eigenvalue weighted by Crippen LogP contribution is -2.36. The zero-order chi connectivity index (χ0) is 10.5. The van der Waals surface area contributed by atoms with Crippen molar-refractivity contribution in [3.63, 3.8) is 0 Å². The Balaban J connectivity index is 3.49. The van der Waals surface area contributed by atoms with Gasteiger partial charge < -0.3 is 10.1 Å². The van der Waals surface area contributed by atoms with E-state index in [1.54, 1.807) is 0 Å². The molecule has 1 amide bonds. The van der Waals surface area contributed by atoms with Crippen LogP contribution in [0.15, 0.2) is 0 Å². The molecule has 0 spiro atoms. The summed E-state index contributed by atoms with van der Waals surface area (Å²) in [6.07, 6.45) is 0.228. The molecule has 13 heavy (non-hydrogen) atoms. The van der Waals surface area contributed by atoms with Crippen LogP contribution >= 0.6 is 0 Å². The summed E-state index contributed by atoms with van der Waals surface area (Å²) in [5.74, 6) is 0.0693. The third-order valence-corrected chi connectivity index (χ3v) is 1.52. The van der Waals surface area contributed by atoms with Crippen LogP contribution in [0, 0.1) is 5.41 Å². The van der Waals surface area contributed by atoms with Crippen LogP contribution in [0.3, 0.4) is 0 Å². The van der Waals surface area contributed by atoms with Gasteiger partial charge in [0.2, 0.25) is 5.91 Å². The molecule has 0 aromatic carbocycles. The number of carbonyl (C=O) groups excluding carboxylic acids is 1. The third-order valence-electron chi connectivity index (χ3n) is 1.52. The van der Waals surface area contributed by atoms with Crippen LogP contribution in [-0.4, -0.2) is 25.2 Å². The summed E-state index contributed by atoms with van der Waals surface area (Å²) < 4.78 is 5.29. The van der Waals surface area contributed by atoms with Crippen molar-refractivity contribution in [1.82, 2.24) is 5.32 Å². The summed E-state index contributed by atoms with van der Waals surface area (Å²) in [5, 5.41) is 2.81. The van der Waals surface area contributed by atoms with Gasteiger partial charge in [0, 0.05) is 12.0 Å². The highest BCUT2D eigenvalue weighted by Gasteiger charge is 2.20. The second-order valence-corrected chi connectivity index (χ2v) is 4.43. The Morgan fingerprint density at radius 2 is 1.92 bits per heavy atom. The third kappa shape index (κ3) is 6.58. The van der Waals surface area contributed by atoms with Crippen molar-refractivity contribution in [3.8, 4) is 0 Å². The van der Waals surface area contributed by atoms with E-state index in [0.29, 0.717) is 13.2 Å². The normalized spacial score (nSPS) is 11.8. The Labute approximate surface area is 80.8 Å². The van der Waals surface area contributed by atoms with Gasteiger partial charge in [0.1, 0.15) is 0 Å². The summed E-state index contributed by atoms with van der Waals surface area (Å²) in [7, 11) is 0. The van der Waals surface area contributed by atoms with E-state index in [9.17, 15) is 4.79 Å². The molecule has 0 bridgehead atoms. The topological polar surface area (TPSA) is 38.3 Å². The number of nitrogens with one attached hydrogen (secondary N) is 1. The maximum absolute atomic E-state index is 11.3. The monoisotopic (exact) mass is 187 g/mol. The summed E-state index contributed by atoms with van der Waals surface area (Å²) in [6, 6.07) is 0. The highest BCUT2D eigenvalue weighted by atomic mass is 16.5. The first-order valence-corrected chi connectivity index (χ1v) is 4.74. The second-order valence-electron chi connectivity index (χ2n) is 4.43. The summed E-state index contributed by atoms with van der Waals surface area (Å²) >= 11 is 0. The van der Waals surface area contributed by atoms with Gasteiger partial charge in [-0.1, -0.05) is 20.8 Å². The SMILES string of the molecule is CC(C)OCCNC(=O)C(C)(C)C. The van der Waals surface area contributed by atoms with Gasteiger partial charge >= 0.3 is 0 Å². The standard InChI is InChI=1S/C10H21NO2/c1-8(2)13-7-6-11-9(12)10(3,4)5/h8H,6-7H2,1-5H3,(H,11,12). The first-order valence-electron chi connectivity index (χ1n) is 4.74. The van der Waals surface area contributed by atoms with E-state index in [1.165, 1.54) is 0 Å². The molecule has 78 valence electrons. The molecule has 3 nitrogen and oxygen atoms in total. The van der Waals surface area contributed by atoms with Crippen molar-refractivity contribution in [2.45, 2.75) is 40.7 Å². The number of carbonyl (C=O) groups is 1. The molecule has 0 aliphatic carbocycles. The van der Waals surface area contributed by atoms with Gasteiger partial charge in [-0.15, -0.1) is 0 Å². The van der Waals surface area contributed by atoms with E-state index in [1.807, 2.05) is 34.6 Å². The predicted octanol–water partition coefficient (Wildman–Crippen LogP) is 1.57. The van der Waals surface area contributed by atoms with Crippen LogP contribution in [0.5, 0.6) is 0 Å². The van der Waals surface area contributed by atoms with Crippen LogP contribution in [0.4, 0.5) is 0 Å². The maximum atomic E-state index is 11.3. The second kappa shape index (κ2) is 5.22. The number of hydrogen-bond acceptors (Lipinski definition) is 2. The van der Waals surface area contributed by atoms with E-state index in [-0.39, 0.29) is 17.4 Å². The van der Waals surface area contributed by atoms with Crippen LogP contribution in [-0.2, 0) is 9.53 Å². The van der Waals surface area contributed by atoms with Crippen LogP contribution in [0.2, 0.25) is 0 Å². The molecule has 3 heteroatoms. The average Bonchev–Trinajstić information content (AvgIpc) is 1.95. The molecule has 0 saturated carbocycles. The minimum absolute atomic E-state index is 0.0693. The van der Waals surface area contributed by atoms with E-state index in [4.69, 9.17) is 4.74 Å². The first-order chi connectivity index (χ1) is 5.84. The molecule has 0 saturated heterocycles. The van der Waals surface area contributed by atoms with Gasteiger partial charge in [0.25, 0.3) is 0 Å². The van der Waals surface area contributed by atoms with Crippen molar-refractivity contribution in [2.24, 2.45) is 5.41 Å². The Morgan fingerprint density at radius 1 is 1.38 bits per heavy atom. The summed E-state index contributed by atoms with van der Waals surface area (Å²) in [5.41, 5.74) is -0.308. The fourth-order valence-electron chi connectivity index (χ4n) is 0.724. The highest BCUT2D eigenvalue weighted by Crippen LogP contribution is 2.11. The van der Waals surface area contributed by atoms with Crippen molar-refractivity contribution in [1.29, 1.82) is 0 Å². The quantitative estimate of drug-likeness (QED) is 0.678. The number of ether oxygens (including phenoxy) is 1. The Kier molecular flexibility index (Phi) is 4.99. The molecule has 0 atom stereocenters. The fraction of sp³-hybridized carbons (Fsp3) is 0.900. The molecule has 0 aromatic rings. The van der Waals surface area contributed by atoms with E-state index < -0.39 is 0 Å². The van der Waals surface area contributed by atoms with Crippen molar-refractivity contribution in [2.75, 3.05) is 13.2 Å². The maximum Gasteiger partial charge on any atom is 0.225 e. The summed E-state index contributed by atoms with van der Waals surface area (Å²) in [4.78, 5) is 11.3. The average molecular weight is 187 g/mol. The minimum atomic E-state index is -0.308. The lowest BCUT2D eigenvalue weighted by Gasteiger charge is -2.17. The molecule has 0 aromatic heterocycles. The van der Waals surface area contributed by atoms with E-state index in [0.717, 1.165) is 0 Å². The molecular weight excluding hydrogens is 166 g/mol. The van der Waals surface area contributed by atoms with Gasteiger partial charge in [-0.25, -0.2) is 0 Å². The van der Waals surface area contributed by atoms with Crippen LogP contribution < -0.4 is 5.32 Å². The zero-order valence-electron chi connectivity index (χ0n) is 9.31. The van der Waals surface area contributed by atoms with Gasteiger partial charge in [-0.3, -0.25) is 4.79 Å². The number of hydrogen-bond donors (Lipinski definition) is 1. The van der Waals surface area contributed by atoms with Crippen LogP contribution in [0.25, 0.3) is 0 Å². The van der Waals surface area contributed by atoms with Crippen molar-refractivity contribution >= 4 is 5.91 Å². The molecule has 0 radical (unpaired) electrons. The Bertz CT molecular complexity index is 159. The molecular formula is C10H21NO2. The van der Waals surface area contributed by atoms with Gasteiger partial charge in [0.05, 0.1) is 12.7 Å². The van der Waals surface area contributed by atoms with Crippen molar-refractivity contribution in [3.05, 3.63) is 0 Å². The van der Waals surface area contributed by atoms with Crippen molar-refractivity contribution < 1.29 is 9.53 Å². The fourth-order valence-corrected chi connectivity index (χ4v) is 0.724. The molecule has 0 aliphatic rings. The molecule has 0 rings (SSSR count). The molecule has 0 unspecified atom stereocenters. The Morgan fingerprint density at radius 3 is 2.31 bits per heavy atom. The van der Waals surface area contributed by atoms with Gasteiger partial charge in [-0.05, 0) is 13.8 Å². The highest BCUT2D eigenvalue weighted by molar-refractivity contribution is 5.81. The lowest BCUT2D eigenvalue weighted by molar-refractivity contribution is -0.128. The van der Waals surface area contributed by atoms with Gasteiger partial charge in [-0.2, -0.15) is 0 Å². The van der Waals surface area contributed by atoms with Crippen LogP contribution in [0.1, 0.15) is 34.6 Å². The Hall–Kier alpha value is -0.570. The molecule has 0 heterocycles. The molecule has 0 aliphatic heterocycles. The number of amides is 1. The minimum Gasteiger partial charge on any atom is -0.377 e. The molecule has 0 fully saturated rings.